The van der Waals surface area contributed by atoms with E-state index < -0.39 is 35.6 Å². The molecule has 1 aromatic heterocycles. The molecule has 4 amide bonds. The summed E-state index contributed by atoms with van der Waals surface area (Å²) in [5, 5.41) is 12.7. The number of nitrogens with one attached hydrogen (secondary N) is 3. The summed E-state index contributed by atoms with van der Waals surface area (Å²) in [6.07, 6.45) is 5.50. The minimum absolute atomic E-state index is 0.0158. The normalized spacial score (nSPS) is 23.5. The standard InChI is InChI=1S/C30H36N6O5/c1-35-23(18-5-3-2-4-6-18)16-22(34-35)29(41)36-14-12-30(10-11-30)17-24(36)27(39)33-21(15-19-9-13-31-26(19)38)25(37)28(40)32-20-7-8-20/h2-6,16,19-21,24H,7-15,17H2,1H3,(H,31,38)(H,32,40)(H,33,39)/t19?,21?,24-/m0/s1. The molecule has 0 bridgehead atoms. The number of benzene rings is 1. The first-order valence-electron chi connectivity index (χ1n) is 14.6. The Balaban J connectivity index is 1.23. The number of amides is 4. The zero-order valence-electron chi connectivity index (χ0n) is 23.2. The van der Waals surface area contributed by atoms with Crippen molar-refractivity contribution in [3.05, 3.63) is 42.1 Å². The molecule has 2 aromatic rings. The summed E-state index contributed by atoms with van der Waals surface area (Å²) in [6, 6.07) is 9.41. The van der Waals surface area contributed by atoms with Crippen LogP contribution in [0, 0.1) is 11.3 Å². The summed E-state index contributed by atoms with van der Waals surface area (Å²) in [6.45, 7) is 0.898. The molecule has 2 saturated carbocycles. The first kappa shape index (κ1) is 27.2. The molecule has 1 aromatic carbocycles. The maximum atomic E-state index is 13.9. The van der Waals surface area contributed by atoms with Gasteiger partial charge in [0.1, 0.15) is 6.04 Å². The summed E-state index contributed by atoms with van der Waals surface area (Å²) >= 11 is 0. The van der Waals surface area contributed by atoms with Crippen molar-refractivity contribution in [3.63, 3.8) is 0 Å². The van der Waals surface area contributed by atoms with Crippen LogP contribution in [0.15, 0.2) is 36.4 Å². The molecule has 2 aliphatic carbocycles. The van der Waals surface area contributed by atoms with Gasteiger partial charge in [-0.3, -0.25) is 28.7 Å². The Bertz CT molecular complexity index is 1380. The van der Waals surface area contributed by atoms with Gasteiger partial charge < -0.3 is 20.9 Å². The van der Waals surface area contributed by atoms with Crippen LogP contribution >= 0.6 is 0 Å². The number of hydrogen-bond donors (Lipinski definition) is 3. The van der Waals surface area contributed by atoms with Gasteiger partial charge in [0.15, 0.2) is 5.69 Å². The quantitative estimate of drug-likeness (QED) is 0.395. The lowest BCUT2D eigenvalue weighted by Crippen LogP contribution is -2.58. The molecule has 4 fully saturated rings. The van der Waals surface area contributed by atoms with Crippen LogP contribution < -0.4 is 16.0 Å². The number of aromatic nitrogens is 2. The number of nitrogens with zero attached hydrogens (tertiary/aromatic N) is 3. The van der Waals surface area contributed by atoms with Crippen molar-refractivity contribution in [2.45, 2.75) is 69.5 Å². The molecule has 0 radical (unpaired) electrons. The molecule has 216 valence electrons. The SMILES string of the molecule is Cn1nc(C(=O)N2CCC3(CC3)C[C@H]2C(=O)NC(CC2CCNC2=O)C(=O)C(=O)NC2CC2)cc1-c1ccccc1. The minimum atomic E-state index is -1.15. The van der Waals surface area contributed by atoms with E-state index in [0.29, 0.717) is 25.9 Å². The number of carbonyl (C=O) groups is 5. The average molecular weight is 561 g/mol. The van der Waals surface area contributed by atoms with Crippen LogP contribution in [0.2, 0.25) is 0 Å². The van der Waals surface area contributed by atoms with Crippen LogP contribution in [0.5, 0.6) is 0 Å². The fourth-order valence-electron chi connectivity index (χ4n) is 6.14. The lowest BCUT2D eigenvalue weighted by Gasteiger charge is -2.39. The monoisotopic (exact) mass is 560 g/mol. The lowest BCUT2D eigenvalue weighted by atomic mass is 9.86. The highest BCUT2D eigenvalue weighted by atomic mass is 16.2. The van der Waals surface area contributed by atoms with Crippen LogP contribution in [0.25, 0.3) is 11.3 Å². The number of piperidine rings is 1. The van der Waals surface area contributed by atoms with Crippen molar-refractivity contribution in [2.24, 2.45) is 18.4 Å². The Morgan fingerprint density at radius 2 is 1.85 bits per heavy atom. The molecular weight excluding hydrogens is 524 g/mol. The van der Waals surface area contributed by atoms with E-state index in [1.807, 2.05) is 30.3 Å². The third-order valence-corrected chi connectivity index (χ3v) is 9.03. The summed E-state index contributed by atoms with van der Waals surface area (Å²) in [4.78, 5) is 67.4. The number of carbonyl (C=O) groups excluding carboxylic acids is 5. The Morgan fingerprint density at radius 1 is 1.10 bits per heavy atom. The van der Waals surface area contributed by atoms with Gasteiger partial charge in [-0.1, -0.05) is 30.3 Å². The van der Waals surface area contributed by atoms with Crippen LogP contribution in [0.1, 0.15) is 61.9 Å². The molecule has 11 heteroatoms. The summed E-state index contributed by atoms with van der Waals surface area (Å²) in [5.41, 5.74) is 1.97. The molecular formula is C30H36N6O5. The molecule has 4 aliphatic rings. The molecule has 3 heterocycles. The summed E-state index contributed by atoms with van der Waals surface area (Å²) < 4.78 is 1.66. The van der Waals surface area contributed by atoms with Crippen LogP contribution in [-0.4, -0.2) is 75.3 Å². The van der Waals surface area contributed by atoms with Gasteiger partial charge in [0.2, 0.25) is 17.6 Å². The van der Waals surface area contributed by atoms with E-state index in [1.165, 1.54) is 0 Å². The fourth-order valence-corrected chi connectivity index (χ4v) is 6.14. The molecule has 2 unspecified atom stereocenters. The highest BCUT2D eigenvalue weighted by molar-refractivity contribution is 6.38. The largest absolute Gasteiger partial charge is 0.356 e. The molecule has 1 spiro atoms. The van der Waals surface area contributed by atoms with E-state index in [2.05, 4.69) is 21.0 Å². The van der Waals surface area contributed by atoms with Gasteiger partial charge in [-0.05, 0) is 68.4 Å². The second kappa shape index (κ2) is 10.8. The van der Waals surface area contributed by atoms with E-state index >= 15 is 0 Å². The fraction of sp³-hybridized carbons (Fsp3) is 0.533. The first-order chi connectivity index (χ1) is 19.7. The number of aryl methyl sites for hydroxylation is 1. The Hall–Kier alpha value is -4.02. The van der Waals surface area contributed by atoms with E-state index in [-0.39, 0.29) is 35.4 Å². The van der Waals surface area contributed by atoms with Crippen LogP contribution in [-0.2, 0) is 26.2 Å². The molecule has 3 N–H and O–H groups in total. The average Bonchev–Trinajstić information content (AvgIpc) is 3.87. The van der Waals surface area contributed by atoms with Crippen molar-refractivity contribution in [1.82, 2.24) is 30.6 Å². The molecule has 2 saturated heterocycles. The van der Waals surface area contributed by atoms with Gasteiger partial charge in [0, 0.05) is 32.1 Å². The third kappa shape index (κ3) is 5.75. The predicted molar refractivity (Wildman–Crippen MR) is 148 cm³/mol. The number of Topliss-reactive ketones (excluding diaryl/α,β-unsaturated/α-hetero) is 1. The highest BCUT2D eigenvalue weighted by Crippen LogP contribution is 2.55. The summed E-state index contributed by atoms with van der Waals surface area (Å²) in [7, 11) is 1.78. The van der Waals surface area contributed by atoms with Crippen LogP contribution in [0.3, 0.4) is 0 Å². The van der Waals surface area contributed by atoms with Gasteiger partial charge >= 0.3 is 0 Å². The zero-order chi connectivity index (χ0) is 28.7. The Labute approximate surface area is 238 Å². The first-order valence-corrected chi connectivity index (χ1v) is 14.6. The van der Waals surface area contributed by atoms with E-state index in [1.54, 1.807) is 22.7 Å². The Morgan fingerprint density at radius 3 is 2.51 bits per heavy atom. The predicted octanol–water partition coefficient (Wildman–Crippen LogP) is 1.33. The van der Waals surface area contributed by atoms with Crippen molar-refractivity contribution in [3.8, 4) is 11.3 Å². The minimum Gasteiger partial charge on any atom is -0.356 e. The smallest absolute Gasteiger partial charge is 0.289 e. The number of hydrogen-bond acceptors (Lipinski definition) is 6. The van der Waals surface area contributed by atoms with E-state index in [4.69, 9.17) is 0 Å². The van der Waals surface area contributed by atoms with E-state index in [9.17, 15) is 24.0 Å². The second-order valence-electron chi connectivity index (χ2n) is 12.1. The molecule has 11 nitrogen and oxygen atoms in total. The number of rotatable bonds is 9. The Kier molecular flexibility index (Phi) is 7.13. The van der Waals surface area contributed by atoms with Gasteiger partial charge in [-0.25, -0.2) is 0 Å². The van der Waals surface area contributed by atoms with Gasteiger partial charge in [-0.2, -0.15) is 5.10 Å². The van der Waals surface area contributed by atoms with Gasteiger partial charge in [0.25, 0.3) is 11.8 Å². The summed E-state index contributed by atoms with van der Waals surface area (Å²) in [5.74, 6) is -2.97. The second-order valence-corrected chi connectivity index (χ2v) is 12.1. The topological polar surface area (TPSA) is 142 Å². The molecule has 41 heavy (non-hydrogen) atoms. The maximum absolute atomic E-state index is 13.9. The molecule has 2 aliphatic heterocycles. The van der Waals surface area contributed by atoms with Gasteiger partial charge in [0.05, 0.1) is 11.7 Å². The van der Waals surface area contributed by atoms with E-state index in [0.717, 1.165) is 43.4 Å². The van der Waals surface area contributed by atoms with Gasteiger partial charge in [-0.15, -0.1) is 0 Å². The van der Waals surface area contributed by atoms with Crippen molar-refractivity contribution >= 4 is 29.4 Å². The van der Waals surface area contributed by atoms with Crippen LogP contribution in [0.4, 0.5) is 0 Å². The third-order valence-electron chi connectivity index (χ3n) is 9.03. The maximum Gasteiger partial charge on any atom is 0.289 e. The number of ketones is 1. The van der Waals surface area contributed by atoms with Crippen molar-refractivity contribution in [2.75, 3.05) is 13.1 Å². The van der Waals surface area contributed by atoms with Crippen molar-refractivity contribution in [1.29, 1.82) is 0 Å². The molecule has 6 rings (SSSR count). The number of likely N-dealkylation sites (tertiary alicyclic amines) is 1. The zero-order valence-corrected chi connectivity index (χ0v) is 23.2. The molecule has 3 atom stereocenters. The lowest BCUT2D eigenvalue weighted by molar-refractivity contribution is -0.141. The van der Waals surface area contributed by atoms with Crippen molar-refractivity contribution < 1.29 is 24.0 Å². The highest BCUT2D eigenvalue weighted by Gasteiger charge is 2.51.